The lowest BCUT2D eigenvalue weighted by molar-refractivity contribution is -0.192. The molecule has 0 aromatic heterocycles. The first-order valence-corrected chi connectivity index (χ1v) is 12.4. The van der Waals surface area contributed by atoms with Crippen LogP contribution < -0.4 is 5.32 Å². The number of piperidine rings is 1. The molecule has 12 heteroatoms. The molecule has 35 heavy (non-hydrogen) atoms. The molecule has 0 spiro atoms. The van der Waals surface area contributed by atoms with Crippen LogP contribution in [0.3, 0.4) is 0 Å². The number of piperazine rings is 1. The number of carboxylic acid groups (broad SMARTS) is 1. The van der Waals surface area contributed by atoms with Crippen LogP contribution in [0, 0.1) is 0 Å². The lowest BCUT2D eigenvalue weighted by Crippen LogP contribution is -2.47. The van der Waals surface area contributed by atoms with Gasteiger partial charge in [-0.1, -0.05) is 28.4 Å². The second-order valence-electron chi connectivity index (χ2n) is 8.39. The van der Waals surface area contributed by atoms with E-state index >= 15 is 0 Å². The van der Waals surface area contributed by atoms with Crippen LogP contribution in [0.25, 0.3) is 0 Å². The topological polar surface area (TPSA) is 93.2 Å². The molecule has 2 saturated heterocycles. The van der Waals surface area contributed by atoms with Crippen LogP contribution in [0.1, 0.15) is 36.0 Å². The number of rotatable bonds is 7. The zero-order valence-electron chi connectivity index (χ0n) is 19.5. The fraction of sp³-hybridized carbons (Fsp3) is 0.609. The van der Waals surface area contributed by atoms with Gasteiger partial charge in [0.15, 0.2) is 0 Å². The summed E-state index contributed by atoms with van der Waals surface area (Å²) in [4.78, 5) is 40.8. The molecule has 2 fully saturated rings. The van der Waals surface area contributed by atoms with Crippen molar-refractivity contribution in [3.8, 4) is 0 Å². The summed E-state index contributed by atoms with van der Waals surface area (Å²) in [6, 6.07) is 7.50. The maximum atomic E-state index is 13.1. The monoisotopic (exact) mass is 564 g/mol. The SMILES string of the molecule is O=C(CCN(CCN1CCCCC1)C(=O)c1cccc(Br)c1)N1CCNCC1.O=C(O)C(F)(F)F. The van der Waals surface area contributed by atoms with Crippen molar-refractivity contribution in [2.45, 2.75) is 31.9 Å². The third kappa shape index (κ3) is 10.5. The van der Waals surface area contributed by atoms with E-state index in [1.54, 1.807) is 0 Å². The number of aliphatic carboxylic acids is 1. The third-order valence-electron chi connectivity index (χ3n) is 5.80. The van der Waals surface area contributed by atoms with Gasteiger partial charge in [-0.3, -0.25) is 9.59 Å². The highest BCUT2D eigenvalue weighted by Gasteiger charge is 2.38. The van der Waals surface area contributed by atoms with E-state index < -0.39 is 12.1 Å². The molecule has 0 radical (unpaired) electrons. The highest BCUT2D eigenvalue weighted by molar-refractivity contribution is 9.10. The molecule has 0 saturated carbocycles. The standard InChI is InChI=1S/C21H31BrN4O2.C2HF3O2/c22-19-6-4-5-18(17-19)21(28)26(16-15-24-10-2-1-3-11-24)12-7-20(27)25-13-8-23-9-14-25;3-2(4,5)1(6)7/h4-6,17,23H,1-3,7-16H2;(H,6,7). The number of benzene rings is 1. The van der Waals surface area contributed by atoms with Crippen LogP contribution >= 0.6 is 15.9 Å². The van der Waals surface area contributed by atoms with Gasteiger partial charge >= 0.3 is 12.1 Å². The number of carbonyl (C=O) groups excluding carboxylic acids is 2. The van der Waals surface area contributed by atoms with Crippen LogP contribution in [0.5, 0.6) is 0 Å². The fourth-order valence-electron chi connectivity index (χ4n) is 3.87. The Bertz CT molecular complexity index is 844. The van der Waals surface area contributed by atoms with Gasteiger partial charge in [-0.15, -0.1) is 0 Å². The van der Waals surface area contributed by atoms with Crippen molar-refractivity contribution >= 4 is 33.7 Å². The van der Waals surface area contributed by atoms with Crippen LogP contribution in [0.2, 0.25) is 0 Å². The van der Waals surface area contributed by atoms with Gasteiger partial charge in [-0.05, 0) is 44.1 Å². The number of alkyl halides is 3. The average molecular weight is 565 g/mol. The minimum Gasteiger partial charge on any atom is -0.475 e. The summed E-state index contributed by atoms with van der Waals surface area (Å²) >= 11 is 3.45. The van der Waals surface area contributed by atoms with Crippen molar-refractivity contribution in [1.82, 2.24) is 20.0 Å². The van der Waals surface area contributed by atoms with Crippen LogP contribution in [0.4, 0.5) is 13.2 Å². The Morgan fingerprint density at radius 2 is 1.66 bits per heavy atom. The maximum absolute atomic E-state index is 13.1. The van der Waals surface area contributed by atoms with Crippen LogP contribution in [-0.2, 0) is 9.59 Å². The highest BCUT2D eigenvalue weighted by Crippen LogP contribution is 2.15. The fourth-order valence-corrected chi connectivity index (χ4v) is 4.27. The number of amides is 2. The molecule has 2 aliphatic heterocycles. The Balaban J connectivity index is 0.000000540. The average Bonchev–Trinajstić information content (AvgIpc) is 2.84. The van der Waals surface area contributed by atoms with Crippen LogP contribution in [-0.4, -0.2) is 103 Å². The van der Waals surface area contributed by atoms with E-state index in [0.29, 0.717) is 25.1 Å². The summed E-state index contributed by atoms with van der Waals surface area (Å²) in [6.07, 6.45) is -0.918. The van der Waals surface area contributed by atoms with Gasteiger partial charge in [0.05, 0.1) is 0 Å². The maximum Gasteiger partial charge on any atom is 0.490 e. The molecule has 2 amide bonds. The Hall–Kier alpha value is -2.18. The van der Waals surface area contributed by atoms with Gasteiger partial charge in [0.1, 0.15) is 0 Å². The Morgan fingerprint density at radius 1 is 1.03 bits per heavy atom. The zero-order valence-corrected chi connectivity index (χ0v) is 21.1. The molecule has 0 atom stereocenters. The lowest BCUT2D eigenvalue weighted by atomic mass is 10.1. The van der Waals surface area contributed by atoms with E-state index in [9.17, 15) is 22.8 Å². The first-order valence-electron chi connectivity index (χ1n) is 11.6. The summed E-state index contributed by atoms with van der Waals surface area (Å²) < 4.78 is 32.6. The molecule has 8 nitrogen and oxygen atoms in total. The molecule has 2 aliphatic rings. The lowest BCUT2D eigenvalue weighted by Gasteiger charge is -2.31. The molecule has 1 aromatic carbocycles. The molecule has 1 aromatic rings. The van der Waals surface area contributed by atoms with E-state index in [1.807, 2.05) is 34.1 Å². The van der Waals surface area contributed by atoms with Crippen molar-refractivity contribution in [3.05, 3.63) is 34.3 Å². The predicted octanol–water partition coefficient (Wildman–Crippen LogP) is 2.83. The molecular formula is C23H32BrF3N4O4. The first kappa shape index (κ1) is 29.1. The Morgan fingerprint density at radius 3 is 2.23 bits per heavy atom. The molecule has 0 aliphatic carbocycles. The number of hydrogen-bond acceptors (Lipinski definition) is 5. The number of halogens is 4. The third-order valence-corrected chi connectivity index (χ3v) is 6.29. The number of nitrogens with one attached hydrogen (secondary N) is 1. The Labute approximate surface area is 211 Å². The largest absolute Gasteiger partial charge is 0.490 e. The van der Waals surface area contributed by atoms with Crippen molar-refractivity contribution in [1.29, 1.82) is 0 Å². The van der Waals surface area contributed by atoms with Crippen molar-refractivity contribution in [2.24, 2.45) is 0 Å². The zero-order chi connectivity index (χ0) is 25.8. The van der Waals surface area contributed by atoms with Crippen molar-refractivity contribution in [3.63, 3.8) is 0 Å². The van der Waals surface area contributed by atoms with Gasteiger partial charge in [0, 0.05) is 62.3 Å². The number of hydrogen-bond donors (Lipinski definition) is 2. The smallest absolute Gasteiger partial charge is 0.475 e. The summed E-state index contributed by atoms with van der Waals surface area (Å²) in [5.74, 6) is -2.61. The molecule has 2 heterocycles. The number of carbonyl (C=O) groups is 3. The van der Waals surface area contributed by atoms with Gasteiger partial charge in [0.2, 0.25) is 5.91 Å². The number of nitrogens with zero attached hydrogens (tertiary/aromatic N) is 3. The van der Waals surface area contributed by atoms with Gasteiger partial charge in [0.25, 0.3) is 5.91 Å². The summed E-state index contributed by atoms with van der Waals surface area (Å²) in [5, 5.41) is 10.4. The van der Waals surface area contributed by atoms with E-state index in [-0.39, 0.29) is 11.8 Å². The molecule has 0 bridgehead atoms. The quantitative estimate of drug-likeness (QED) is 0.529. The van der Waals surface area contributed by atoms with E-state index in [0.717, 1.165) is 50.3 Å². The van der Waals surface area contributed by atoms with Crippen molar-refractivity contribution < 1.29 is 32.7 Å². The normalized spacial score (nSPS) is 16.7. The van der Waals surface area contributed by atoms with Crippen molar-refractivity contribution in [2.75, 3.05) is 58.9 Å². The Kier molecular flexibility index (Phi) is 12.0. The summed E-state index contributed by atoms with van der Waals surface area (Å²) in [7, 11) is 0. The molecule has 196 valence electrons. The summed E-state index contributed by atoms with van der Waals surface area (Å²) in [5.41, 5.74) is 0.669. The van der Waals surface area contributed by atoms with E-state index in [1.165, 1.54) is 19.3 Å². The van der Waals surface area contributed by atoms with Gasteiger partial charge in [-0.25, -0.2) is 4.79 Å². The predicted molar refractivity (Wildman–Crippen MR) is 128 cm³/mol. The molecule has 3 rings (SSSR count). The van der Waals surface area contributed by atoms with Gasteiger partial charge < -0.3 is 25.1 Å². The molecule has 0 unspecified atom stereocenters. The minimum atomic E-state index is -5.08. The second kappa shape index (κ2) is 14.4. The van der Waals surface area contributed by atoms with Gasteiger partial charge in [-0.2, -0.15) is 13.2 Å². The number of likely N-dealkylation sites (tertiary alicyclic amines) is 1. The number of carboxylic acids is 1. The van der Waals surface area contributed by atoms with E-state index in [4.69, 9.17) is 9.90 Å². The molecular weight excluding hydrogens is 533 g/mol. The second-order valence-corrected chi connectivity index (χ2v) is 9.30. The molecule has 2 N–H and O–H groups in total. The van der Waals surface area contributed by atoms with E-state index in [2.05, 4.69) is 26.1 Å². The summed E-state index contributed by atoms with van der Waals surface area (Å²) in [6.45, 7) is 7.45. The highest BCUT2D eigenvalue weighted by atomic mass is 79.9. The van der Waals surface area contributed by atoms with Crippen LogP contribution in [0.15, 0.2) is 28.7 Å². The first-order chi connectivity index (χ1) is 16.6. The minimum absolute atomic E-state index is 0.00594.